The molecule has 1 aromatic carbocycles. The van der Waals surface area contributed by atoms with E-state index in [-0.39, 0.29) is 36.3 Å². The van der Waals surface area contributed by atoms with Gasteiger partial charge in [-0.25, -0.2) is 0 Å². The second-order valence-electron chi connectivity index (χ2n) is 6.82. The Hall–Kier alpha value is -2.84. The van der Waals surface area contributed by atoms with Crippen LogP contribution in [0.5, 0.6) is 11.5 Å². The largest absolute Gasteiger partial charge is 0.504 e. The van der Waals surface area contributed by atoms with E-state index in [2.05, 4.69) is 0 Å². The zero-order chi connectivity index (χ0) is 21.1. The molecule has 29 heavy (non-hydrogen) atoms. The van der Waals surface area contributed by atoms with Crippen molar-refractivity contribution in [2.45, 2.75) is 26.0 Å². The number of hydrogen-bond acceptors (Lipinski definition) is 7. The molecule has 2 aromatic rings. The maximum Gasteiger partial charge on any atom is 0.290 e. The van der Waals surface area contributed by atoms with Crippen molar-refractivity contribution in [3.05, 3.63) is 57.5 Å². The topological polar surface area (TPSA) is 96.3 Å². The van der Waals surface area contributed by atoms with Crippen LogP contribution in [0.25, 0.3) is 0 Å². The van der Waals surface area contributed by atoms with Crippen molar-refractivity contribution in [2.24, 2.45) is 0 Å². The number of amides is 1. The van der Waals surface area contributed by atoms with Gasteiger partial charge in [-0.1, -0.05) is 12.1 Å². The summed E-state index contributed by atoms with van der Waals surface area (Å²) in [7, 11) is 1.43. The highest BCUT2D eigenvalue weighted by atomic mass is 32.1. The molecule has 0 fully saturated rings. The number of rotatable bonds is 8. The Morgan fingerprint density at radius 3 is 2.62 bits per heavy atom. The van der Waals surface area contributed by atoms with E-state index in [9.17, 15) is 19.8 Å². The number of phenols is 1. The quantitative estimate of drug-likeness (QED) is 0.639. The number of aliphatic hydroxyl groups excluding tert-OH is 1. The molecule has 1 atom stereocenters. The van der Waals surface area contributed by atoms with E-state index in [1.54, 1.807) is 29.6 Å². The number of Topliss-reactive ketones (excluding diaryl/α,β-unsaturated/α-hetero) is 1. The van der Waals surface area contributed by atoms with Gasteiger partial charge in [0.1, 0.15) is 0 Å². The second kappa shape index (κ2) is 8.67. The first-order valence-corrected chi connectivity index (χ1v) is 10.0. The highest BCUT2D eigenvalue weighted by Gasteiger charge is 2.44. The smallest absolute Gasteiger partial charge is 0.290 e. The van der Waals surface area contributed by atoms with Crippen molar-refractivity contribution >= 4 is 23.0 Å². The molecule has 0 bridgehead atoms. The molecule has 0 spiro atoms. The predicted molar refractivity (Wildman–Crippen MR) is 109 cm³/mol. The molecule has 1 unspecified atom stereocenters. The number of phenolic OH excluding ortho intramolecular Hbond substituents is 1. The molecular formula is C21H23NO6S. The van der Waals surface area contributed by atoms with Crippen molar-refractivity contribution < 1.29 is 29.3 Å². The predicted octanol–water partition coefficient (Wildman–Crippen LogP) is 3.47. The number of carbonyl (C=O) groups is 2. The molecule has 3 rings (SSSR count). The Labute approximate surface area is 172 Å². The Morgan fingerprint density at radius 2 is 2.03 bits per heavy atom. The Kier molecular flexibility index (Phi) is 6.24. The van der Waals surface area contributed by atoms with Gasteiger partial charge in [0.05, 0.1) is 36.3 Å². The third-order valence-corrected chi connectivity index (χ3v) is 5.46. The summed E-state index contributed by atoms with van der Waals surface area (Å²) < 4.78 is 10.6. The summed E-state index contributed by atoms with van der Waals surface area (Å²) in [6, 6.07) is 7.19. The molecule has 1 amide bonds. The Balaban J connectivity index is 2.03. The van der Waals surface area contributed by atoms with Crippen molar-refractivity contribution in [3.8, 4) is 11.5 Å². The number of carbonyl (C=O) groups excluding carboxylic acids is 2. The molecule has 0 saturated heterocycles. The van der Waals surface area contributed by atoms with Crippen molar-refractivity contribution in [2.75, 3.05) is 20.3 Å². The number of aliphatic hydroxyl groups is 1. The molecule has 0 radical (unpaired) electrons. The number of ether oxygens (including phenoxy) is 2. The number of nitrogens with zero attached hydrogens (tertiary/aromatic N) is 1. The number of aromatic hydroxyl groups is 1. The molecule has 1 aromatic heterocycles. The normalized spacial score (nSPS) is 16.8. The molecule has 154 valence electrons. The second-order valence-corrected chi connectivity index (χ2v) is 7.77. The van der Waals surface area contributed by atoms with Crippen LogP contribution in [0.2, 0.25) is 0 Å². The third-order valence-electron chi connectivity index (χ3n) is 4.60. The average molecular weight is 417 g/mol. The average Bonchev–Trinajstić information content (AvgIpc) is 3.30. The SMILES string of the molecule is COc1ccc(C2C(C(=O)c3cccs3)=C(O)C(=O)N2CCOC(C)C)cc1O. The minimum atomic E-state index is -0.843. The molecule has 1 aliphatic heterocycles. The first kappa shape index (κ1) is 20.9. The lowest BCUT2D eigenvalue weighted by Gasteiger charge is -2.27. The fraction of sp³-hybridized carbons (Fsp3) is 0.333. The van der Waals surface area contributed by atoms with Gasteiger partial charge < -0.3 is 24.6 Å². The highest BCUT2D eigenvalue weighted by Crippen LogP contribution is 2.41. The molecule has 7 nitrogen and oxygen atoms in total. The zero-order valence-corrected chi connectivity index (χ0v) is 17.2. The fourth-order valence-corrected chi connectivity index (χ4v) is 3.95. The van der Waals surface area contributed by atoms with E-state index < -0.39 is 23.5 Å². The lowest BCUT2D eigenvalue weighted by Crippen LogP contribution is -2.34. The van der Waals surface area contributed by atoms with Crippen LogP contribution in [0, 0.1) is 0 Å². The van der Waals surface area contributed by atoms with Crippen LogP contribution in [-0.4, -0.2) is 53.2 Å². The van der Waals surface area contributed by atoms with Crippen LogP contribution in [0.3, 0.4) is 0 Å². The van der Waals surface area contributed by atoms with E-state index in [1.807, 2.05) is 13.8 Å². The van der Waals surface area contributed by atoms with Crippen molar-refractivity contribution in [1.29, 1.82) is 0 Å². The monoisotopic (exact) mass is 417 g/mol. The molecule has 0 aliphatic carbocycles. The third kappa shape index (κ3) is 4.13. The summed E-state index contributed by atoms with van der Waals surface area (Å²) >= 11 is 1.23. The Morgan fingerprint density at radius 1 is 1.28 bits per heavy atom. The summed E-state index contributed by atoms with van der Waals surface area (Å²) in [4.78, 5) is 27.7. The molecule has 2 N–H and O–H groups in total. The van der Waals surface area contributed by atoms with E-state index >= 15 is 0 Å². The van der Waals surface area contributed by atoms with Crippen LogP contribution in [0.15, 0.2) is 47.0 Å². The van der Waals surface area contributed by atoms with Crippen molar-refractivity contribution in [3.63, 3.8) is 0 Å². The number of ketones is 1. The first-order chi connectivity index (χ1) is 13.8. The summed E-state index contributed by atoms with van der Waals surface area (Å²) in [5, 5.41) is 22.5. The van der Waals surface area contributed by atoms with E-state index in [0.29, 0.717) is 10.4 Å². The van der Waals surface area contributed by atoms with Gasteiger partial charge >= 0.3 is 0 Å². The van der Waals surface area contributed by atoms with E-state index in [4.69, 9.17) is 9.47 Å². The number of methoxy groups -OCH3 is 1. The maximum absolute atomic E-state index is 13.1. The summed E-state index contributed by atoms with van der Waals surface area (Å²) in [5.74, 6) is -1.48. The summed E-state index contributed by atoms with van der Waals surface area (Å²) in [5.41, 5.74) is 0.483. The molecule has 0 saturated carbocycles. The van der Waals surface area contributed by atoms with Crippen LogP contribution < -0.4 is 4.74 Å². The van der Waals surface area contributed by atoms with Crippen LogP contribution >= 0.6 is 11.3 Å². The standard InChI is InChI=1S/C21H23NO6S/c1-12(2)28-9-8-22-18(13-6-7-15(27-3)14(23)11-13)17(20(25)21(22)26)19(24)16-5-4-10-29-16/h4-7,10-12,18,23,25H,8-9H2,1-3H3. The first-order valence-electron chi connectivity index (χ1n) is 9.16. The minimum Gasteiger partial charge on any atom is -0.504 e. The number of hydrogen-bond donors (Lipinski definition) is 2. The van der Waals surface area contributed by atoms with Gasteiger partial charge in [0.2, 0.25) is 5.78 Å². The summed E-state index contributed by atoms with van der Waals surface area (Å²) in [6.45, 7) is 4.19. The van der Waals surface area contributed by atoms with Gasteiger partial charge in [-0.05, 0) is 43.0 Å². The van der Waals surface area contributed by atoms with Crippen molar-refractivity contribution in [1.82, 2.24) is 4.90 Å². The van der Waals surface area contributed by atoms with Crippen LogP contribution in [-0.2, 0) is 9.53 Å². The van der Waals surface area contributed by atoms with Gasteiger partial charge in [-0.3, -0.25) is 9.59 Å². The van der Waals surface area contributed by atoms with Gasteiger partial charge in [0.15, 0.2) is 17.3 Å². The maximum atomic E-state index is 13.1. The van der Waals surface area contributed by atoms with Crippen LogP contribution in [0.4, 0.5) is 0 Å². The van der Waals surface area contributed by atoms with Gasteiger partial charge in [0, 0.05) is 6.54 Å². The van der Waals surface area contributed by atoms with Gasteiger partial charge in [0.25, 0.3) is 5.91 Å². The Bertz CT molecular complexity index is 935. The lowest BCUT2D eigenvalue weighted by molar-refractivity contribution is -0.130. The lowest BCUT2D eigenvalue weighted by atomic mass is 9.95. The number of thiophene rings is 1. The minimum absolute atomic E-state index is 0.00781. The molecular weight excluding hydrogens is 394 g/mol. The van der Waals surface area contributed by atoms with Gasteiger partial charge in [-0.2, -0.15) is 0 Å². The molecule has 2 heterocycles. The molecule has 8 heteroatoms. The summed E-state index contributed by atoms with van der Waals surface area (Å²) in [6.07, 6.45) is -0.0232. The highest BCUT2D eigenvalue weighted by molar-refractivity contribution is 7.12. The molecule has 1 aliphatic rings. The van der Waals surface area contributed by atoms with Gasteiger partial charge in [-0.15, -0.1) is 11.3 Å². The number of benzene rings is 1. The van der Waals surface area contributed by atoms with E-state index in [1.165, 1.54) is 29.4 Å². The van der Waals surface area contributed by atoms with E-state index in [0.717, 1.165) is 0 Å². The fourth-order valence-electron chi connectivity index (χ4n) is 3.27. The zero-order valence-electron chi connectivity index (χ0n) is 16.4. The van der Waals surface area contributed by atoms with Crippen LogP contribution in [0.1, 0.15) is 35.1 Å².